The van der Waals surface area contributed by atoms with Crippen molar-refractivity contribution in [1.29, 1.82) is 0 Å². The highest BCUT2D eigenvalue weighted by Gasteiger charge is 2.31. The van der Waals surface area contributed by atoms with Crippen LogP contribution >= 0.6 is 22.9 Å². The minimum atomic E-state index is -1.13. The molecule has 1 fully saturated rings. The molecule has 3 aromatic rings. The highest BCUT2D eigenvalue weighted by Crippen LogP contribution is 2.33. The standard InChI is InChI=1S/C28H29ClFN3O4S/c1-2-12-36-23-7-5-18(14-21(23)30)27(34)22(15-33-10-3-11-33)31-28(35)26-20-6-4-17(13-19(20)16-37-32-26)24-8-9-25(29)38-24/h4-9,13-14,22,27,34H,2-3,10-12,15-16H2,1H3,(H,31,35)/t22-,27-/m1/s1. The van der Waals surface area contributed by atoms with E-state index in [1.165, 1.54) is 23.5 Å². The van der Waals surface area contributed by atoms with Crippen molar-refractivity contribution in [2.75, 3.05) is 26.2 Å². The Morgan fingerprint density at radius 3 is 2.79 bits per heavy atom. The Labute approximate surface area is 229 Å². The number of aliphatic hydroxyl groups is 1. The van der Waals surface area contributed by atoms with Crippen molar-refractivity contribution in [3.8, 4) is 16.2 Å². The molecule has 200 valence electrons. The molecule has 38 heavy (non-hydrogen) atoms. The molecule has 2 aromatic carbocycles. The van der Waals surface area contributed by atoms with Gasteiger partial charge in [-0.05, 0) is 67.4 Å². The summed E-state index contributed by atoms with van der Waals surface area (Å²) in [6.07, 6.45) is 0.680. The van der Waals surface area contributed by atoms with Crippen LogP contribution in [0.4, 0.5) is 4.39 Å². The third-order valence-corrected chi connectivity index (χ3v) is 7.95. The monoisotopic (exact) mass is 557 g/mol. The van der Waals surface area contributed by atoms with E-state index >= 15 is 0 Å². The van der Waals surface area contributed by atoms with Crippen molar-refractivity contribution in [3.05, 3.63) is 75.4 Å². The van der Waals surface area contributed by atoms with Crippen LogP contribution in [-0.2, 0) is 16.2 Å². The SMILES string of the molecule is CCCOc1ccc([C@@H](O)[C@@H](CN2CCC2)NC(=O)C2=NOCc3cc(-c4ccc(Cl)s4)ccc32)cc1F. The predicted molar refractivity (Wildman–Crippen MR) is 146 cm³/mol. The summed E-state index contributed by atoms with van der Waals surface area (Å²) >= 11 is 7.57. The fraction of sp³-hybridized carbons (Fsp3) is 0.357. The van der Waals surface area contributed by atoms with E-state index in [0.717, 1.165) is 41.9 Å². The third kappa shape index (κ3) is 5.86. The smallest absolute Gasteiger partial charge is 0.274 e. The molecule has 2 aliphatic heterocycles. The molecule has 2 N–H and O–H groups in total. The first-order chi connectivity index (χ1) is 18.4. The van der Waals surface area contributed by atoms with E-state index in [0.29, 0.717) is 28.6 Å². The lowest BCUT2D eigenvalue weighted by atomic mass is 9.97. The average molecular weight is 558 g/mol. The van der Waals surface area contributed by atoms with Crippen molar-refractivity contribution in [1.82, 2.24) is 10.2 Å². The van der Waals surface area contributed by atoms with Crippen LogP contribution in [0.25, 0.3) is 10.4 Å². The van der Waals surface area contributed by atoms with Crippen molar-refractivity contribution in [2.45, 2.75) is 38.5 Å². The number of amides is 1. The quantitative estimate of drug-likeness (QED) is 0.360. The lowest BCUT2D eigenvalue weighted by Crippen LogP contribution is -2.52. The third-order valence-electron chi connectivity index (χ3n) is 6.67. The number of halogens is 2. The molecule has 1 saturated heterocycles. The van der Waals surface area contributed by atoms with Gasteiger partial charge in [-0.3, -0.25) is 4.79 Å². The molecule has 0 bridgehead atoms. The van der Waals surface area contributed by atoms with E-state index < -0.39 is 23.9 Å². The minimum Gasteiger partial charge on any atom is -0.491 e. The van der Waals surface area contributed by atoms with E-state index in [2.05, 4.69) is 15.4 Å². The van der Waals surface area contributed by atoms with Gasteiger partial charge in [-0.1, -0.05) is 41.9 Å². The number of carbonyl (C=O) groups is 1. The molecule has 1 amide bonds. The Hall–Kier alpha value is -2.98. The zero-order valence-electron chi connectivity index (χ0n) is 21.0. The fourth-order valence-electron chi connectivity index (χ4n) is 4.51. The van der Waals surface area contributed by atoms with E-state index in [1.807, 2.05) is 37.3 Å². The number of nitrogens with one attached hydrogen (secondary N) is 1. The van der Waals surface area contributed by atoms with Crippen LogP contribution < -0.4 is 10.1 Å². The molecule has 0 unspecified atom stereocenters. The number of aliphatic hydroxyl groups excluding tert-OH is 1. The molecule has 2 atom stereocenters. The summed E-state index contributed by atoms with van der Waals surface area (Å²) in [6.45, 7) is 4.75. The van der Waals surface area contributed by atoms with Gasteiger partial charge in [0.1, 0.15) is 12.7 Å². The van der Waals surface area contributed by atoms with Gasteiger partial charge in [-0.2, -0.15) is 0 Å². The highest BCUT2D eigenvalue weighted by molar-refractivity contribution is 7.19. The molecule has 0 radical (unpaired) electrons. The normalized spacial score (nSPS) is 16.5. The first kappa shape index (κ1) is 26.6. The summed E-state index contributed by atoms with van der Waals surface area (Å²) in [5, 5.41) is 18.2. The molecule has 0 saturated carbocycles. The second-order valence-corrected chi connectivity index (χ2v) is 11.1. The zero-order valence-corrected chi connectivity index (χ0v) is 22.5. The summed E-state index contributed by atoms with van der Waals surface area (Å²) in [7, 11) is 0. The van der Waals surface area contributed by atoms with Gasteiger partial charge < -0.3 is 24.9 Å². The Bertz CT molecular complexity index is 1340. The first-order valence-electron chi connectivity index (χ1n) is 12.7. The van der Waals surface area contributed by atoms with Gasteiger partial charge in [0.2, 0.25) is 0 Å². The molecular formula is C28H29ClFN3O4S. The Balaban J connectivity index is 1.35. The van der Waals surface area contributed by atoms with E-state index in [9.17, 15) is 14.3 Å². The number of carbonyl (C=O) groups excluding carboxylic acids is 1. The maximum absolute atomic E-state index is 14.6. The molecule has 7 nitrogen and oxygen atoms in total. The number of hydrogen-bond donors (Lipinski definition) is 2. The number of likely N-dealkylation sites (tertiary alicyclic amines) is 1. The van der Waals surface area contributed by atoms with Crippen LogP contribution in [0.3, 0.4) is 0 Å². The Morgan fingerprint density at radius 1 is 1.26 bits per heavy atom. The number of oxime groups is 1. The van der Waals surface area contributed by atoms with Gasteiger partial charge >= 0.3 is 0 Å². The summed E-state index contributed by atoms with van der Waals surface area (Å²) in [4.78, 5) is 22.0. The average Bonchev–Trinajstić information content (AvgIpc) is 3.34. The summed E-state index contributed by atoms with van der Waals surface area (Å²) < 4.78 is 20.8. The number of hydrogen-bond acceptors (Lipinski definition) is 7. The second-order valence-electron chi connectivity index (χ2n) is 9.41. The molecule has 5 rings (SSSR count). The van der Waals surface area contributed by atoms with E-state index in [1.54, 1.807) is 6.07 Å². The largest absolute Gasteiger partial charge is 0.491 e. The van der Waals surface area contributed by atoms with Gasteiger partial charge in [-0.15, -0.1) is 11.3 Å². The maximum atomic E-state index is 14.6. The maximum Gasteiger partial charge on any atom is 0.274 e. The highest BCUT2D eigenvalue weighted by atomic mass is 35.5. The summed E-state index contributed by atoms with van der Waals surface area (Å²) in [5.41, 5.74) is 2.97. The number of fused-ring (bicyclic) bond motifs is 1. The molecular weight excluding hydrogens is 529 g/mol. The van der Waals surface area contributed by atoms with Crippen molar-refractivity contribution >= 4 is 34.6 Å². The Kier molecular flexibility index (Phi) is 8.28. The molecule has 2 aliphatic rings. The summed E-state index contributed by atoms with van der Waals surface area (Å²) in [6, 6.07) is 13.3. The number of ether oxygens (including phenoxy) is 1. The molecule has 3 heterocycles. The van der Waals surface area contributed by atoms with Gasteiger partial charge in [0.05, 0.1) is 17.0 Å². The van der Waals surface area contributed by atoms with Crippen LogP contribution in [-0.4, -0.2) is 53.9 Å². The number of thiophene rings is 1. The fourth-order valence-corrected chi connectivity index (χ4v) is 5.55. The van der Waals surface area contributed by atoms with Crippen molar-refractivity contribution in [2.24, 2.45) is 5.16 Å². The van der Waals surface area contributed by atoms with Gasteiger partial charge in [-0.25, -0.2) is 4.39 Å². The Morgan fingerprint density at radius 2 is 2.11 bits per heavy atom. The van der Waals surface area contributed by atoms with Crippen LogP contribution in [0.15, 0.2) is 53.7 Å². The minimum absolute atomic E-state index is 0.136. The van der Waals surface area contributed by atoms with Crippen LogP contribution in [0.2, 0.25) is 4.34 Å². The molecule has 1 aromatic heterocycles. The number of rotatable bonds is 10. The first-order valence-corrected chi connectivity index (χ1v) is 13.8. The van der Waals surface area contributed by atoms with Crippen LogP contribution in [0.1, 0.15) is 42.6 Å². The van der Waals surface area contributed by atoms with Crippen molar-refractivity contribution in [3.63, 3.8) is 0 Å². The number of nitrogens with zero attached hydrogens (tertiary/aromatic N) is 2. The van der Waals surface area contributed by atoms with Gasteiger partial charge in [0, 0.05) is 22.5 Å². The summed E-state index contributed by atoms with van der Waals surface area (Å²) in [5.74, 6) is -0.878. The topological polar surface area (TPSA) is 83.4 Å². The van der Waals surface area contributed by atoms with Crippen LogP contribution in [0.5, 0.6) is 5.75 Å². The molecule has 10 heteroatoms. The van der Waals surface area contributed by atoms with Crippen molar-refractivity contribution < 1.29 is 23.9 Å². The zero-order chi connectivity index (χ0) is 26.6. The lowest BCUT2D eigenvalue weighted by Gasteiger charge is -2.36. The second kappa shape index (κ2) is 11.8. The molecule has 0 spiro atoms. The van der Waals surface area contributed by atoms with E-state index in [-0.39, 0.29) is 18.1 Å². The molecule has 0 aliphatic carbocycles. The lowest BCUT2D eigenvalue weighted by molar-refractivity contribution is -0.116. The van der Waals surface area contributed by atoms with Gasteiger partial charge in [0.15, 0.2) is 17.3 Å². The van der Waals surface area contributed by atoms with Gasteiger partial charge in [0.25, 0.3) is 5.91 Å². The predicted octanol–water partition coefficient (Wildman–Crippen LogP) is 5.15. The van der Waals surface area contributed by atoms with E-state index in [4.69, 9.17) is 21.2 Å². The number of benzene rings is 2. The van der Waals surface area contributed by atoms with Crippen LogP contribution in [0, 0.1) is 5.82 Å².